The third-order valence-corrected chi connectivity index (χ3v) is 11.2. The standard InChI is InChI=1S/C32H59N7O2/c1-21(2)39-30-28(19-34-39)26(31(40)33-18-27-22(3)16-23(4)35-32(27)41)17-29(36-30)25-10-8-24(9-11-25)20-37(5)14-15-38-12-6-7-13-38/h21-30,34,36H,6-20H2,1-5H3,(H,33,40)(H,35,41). The van der Waals surface area contributed by atoms with E-state index in [9.17, 15) is 9.59 Å². The van der Waals surface area contributed by atoms with Crippen molar-refractivity contribution in [1.29, 1.82) is 0 Å². The third kappa shape index (κ3) is 7.64. The molecule has 0 aromatic carbocycles. The molecule has 4 aliphatic heterocycles. The van der Waals surface area contributed by atoms with Crippen molar-refractivity contribution in [3.8, 4) is 0 Å². The van der Waals surface area contributed by atoms with Gasteiger partial charge in [0.1, 0.15) is 0 Å². The van der Waals surface area contributed by atoms with E-state index in [1.807, 2.05) is 0 Å². The van der Waals surface area contributed by atoms with Crippen LogP contribution in [0.4, 0.5) is 0 Å². The molecule has 0 aromatic heterocycles. The predicted octanol–water partition coefficient (Wildman–Crippen LogP) is 2.25. The van der Waals surface area contributed by atoms with E-state index in [-0.39, 0.29) is 47.7 Å². The number of piperidine rings is 2. The van der Waals surface area contributed by atoms with Gasteiger partial charge in [-0.3, -0.25) is 20.3 Å². The number of nitrogens with zero attached hydrogens (tertiary/aromatic N) is 3. The minimum absolute atomic E-state index is 0.0298. The van der Waals surface area contributed by atoms with E-state index in [1.54, 1.807) is 0 Å². The van der Waals surface area contributed by atoms with Crippen molar-refractivity contribution >= 4 is 11.8 Å². The zero-order chi connectivity index (χ0) is 29.1. The van der Waals surface area contributed by atoms with Crippen molar-refractivity contribution in [2.75, 3.05) is 52.9 Å². The Morgan fingerprint density at radius 3 is 2.51 bits per heavy atom. The molecule has 0 bridgehead atoms. The normalized spacial score (nSPS) is 38.8. The van der Waals surface area contributed by atoms with Crippen molar-refractivity contribution < 1.29 is 9.59 Å². The molecule has 4 N–H and O–H groups in total. The maximum Gasteiger partial charge on any atom is 0.225 e. The van der Waals surface area contributed by atoms with Crippen LogP contribution >= 0.6 is 0 Å². The quantitative estimate of drug-likeness (QED) is 0.319. The van der Waals surface area contributed by atoms with Crippen LogP contribution in [0.15, 0.2) is 0 Å². The van der Waals surface area contributed by atoms with Crippen LogP contribution in [0.5, 0.6) is 0 Å². The number of hydrogen-bond donors (Lipinski definition) is 4. The number of carbonyl (C=O) groups excluding carboxylic acids is 2. The first kappa shape index (κ1) is 31.2. The van der Waals surface area contributed by atoms with Crippen LogP contribution in [0.25, 0.3) is 0 Å². The molecule has 0 aromatic rings. The van der Waals surface area contributed by atoms with E-state index in [1.165, 1.54) is 71.2 Å². The van der Waals surface area contributed by atoms with Gasteiger partial charge in [0.05, 0.1) is 12.1 Å². The van der Waals surface area contributed by atoms with Gasteiger partial charge in [0, 0.05) is 62.7 Å². The summed E-state index contributed by atoms with van der Waals surface area (Å²) in [6, 6.07) is 0.938. The van der Waals surface area contributed by atoms with Crippen LogP contribution in [0.3, 0.4) is 0 Å². The smallest absolute Gasteiger partial charge is 0.225 e. The molecule has 9 nitrogen and oxygen atoms in total. The van der Waals surface area contributed by atoms with Crippen LogP contribution in [0.1, 0.15) is 79.1 Å². The molecule has 1 aliphatic carbocycles. The summed E-state index contributed by atoms with van der Waals surface area (Å²) in [4.78, 5) is 31.6. The number of carbonyl (C=O) groups is 2. The van der Waals surface area contributed by atoms with Crippen LogP contribution in [-0.4, -0.2) is 104 Å². The second-order valence-corrected chi connectivity index (χ2v) is 14.7. The second-order valence-electron chi connectivity index (χ2n) is 14.7. The molecule has 234 valence electrons. The van der Waals surface area contributed by atoms with Gasteiger partial charge in [0.15, 0.2) is 0 Å². The third-order valence-electron chi connectivity index (χ3n) is 11.2. The summed E-state index contributed by atoms with van der Waals surface area (Å²) in [6.07, 6.45) is 9.87. The van der Waals surface area contributed by atoms with Crippen molar-refractivity contribution in [3.05, 3.63) is 0 Å². The molecule has 0 spiro atoms. The molecule has 1 saturated carbocycles. The Hall–Kier alpha value is -1.26. The fourth-order valence-electron chi connectivity index (χ4n) is 8.71. The SMILES string of the molecule is CC1CC(C)C(CNC(=O)C2CC(C3CCC(CN(C)CCN4CCCC4)CC3)NC3C2CNN3C(C)C)C(=O)N1. The number of fused-ring (bicyclic) bond motifs is 1. The van der Waals surface area contributed by atoms with Crippen molar-refractivity contribution in [1.82, 2.24) is 36.2 Å². The van der Waals surface area contributed by atoms with Gasteiger partial charge in [-0.2, -0.15) is 0 Å². The van der Waals surface area contributed by atoms with Gasteiger partial charge >= 0.3 is 0 Å². The number of nitrogens with one attached hydrogen (secondary N) is 4. The maximum atomic E-state index is 13.8. The predicted molar refractivity (Wildman–Crippen MR) is 164 cm³/mol. The number of hydrogen-bond acceptors (Lipinski definition) is 7. The molecule has 5 rings (SSSR count). The van der Waals surface area contributed by atoms with Crippen LogP contribution in [0, 0.1) is 35.5 Å². The molecule has 4 saturated heterocycles. The van der Waals surface area contributed by atoms with Gasteiger partial charge in [-0.15, -0.1) is 0 Å². The second kappa shape index (κ2) is 14.0. The lowest BCUT2D eigenvalue weighted by Gasteiger charge is -2.46. The first-order chi connectivity index (χ1) is 19.7. The number of likely N-dealkylation sites (tertiary alicyclic amines) is 1. The van der Waals surface area contributed by atoms with Crippen molar-refractivity contribution in [2.24, 2.45) is 35.5 Å². The summed E-state index contributed by atoms with van der Waals surface area (Å²) in [5.74, 6) is 2.00. The summed E-state index contributed by atoms with van der Waals surface area (Å²) in [5.41, 5.74) is 3.61. The monoisotopic (exact) mass is 573 g/mol. The van der Waals surface area contributed by atoms with E-state index >= 15 is 0 Å². The average molecular weight is 574 g/mol. The number of hydrazine groups is 1. The number of rotatable bonds is 10. The highest BCUT2D eigenvalue weighted by Gasteiger charge is 2.49. The highest BCUT2D eigenvalue weighted by atomic mass is 16.2. The Balaban J connectivity index is 1.15. The van der Waals surface area contributed by atoms with E-state index in [0.29, 0.717) is 24.5 Å². The van der Waals surface area contributed by atoms with Gasteiger partial charge in [-0.25, -0.2) is 5.01 Å². The molecule has 41 heavy (non-hydrogen) atoms. The summed E-state index contributed by atoms with van der Waals surface area (Å²) in [6.45, 7) is 16.1. The van der Waals surface area contributed by atoms with E-state index in [0.717, 1.165) is 25.3 Å². The van der Waals surface area contributed by atoms with E-state index in [4.69, 9.17) is 0 Å². The summed E-state index contributed by atoms with van der Waals surface area (Å²) in [7, 11) is 2.31. The first-order valence-electron chi connectivity index (χ1n) is 17.0. The van der Waals surface area contributed by atoms with Crippen molar-refractivity contribution in [3.63, 3.8) is 0 Å². The summed E-state index contributed by atoms with van der Waals surface area (Å²) in [5, 5.41) is 12.7. The minimum Gasteiger partial charge on any atom is -0.355 e. The minimum atomic E-state index is -0.138. The first-order valence-corrected chi connectivity index (χ1v) is 17.0. The van der Waals surface area contributed by atoms with Crippen LogP contribution in [0.2, 0.25) is 0 Å². The Kier molecular flexibility index (Phi) is 10.7. The lowest BCUT2D eigenvalue weighted by Crippen LogP contribution is -2.62. The molecule has 7 atom stereocenters. The zero-order valence-corrected chi connectivity index (χ0v) is 26.5. The van der Waals surface area contributed by atoms with Gasteiger partial charge in [-0.1, -0.05) is 6.92 Å². The topological polar surface area (TPSA) is 92.0 Å². The van der Waals surface area contributed by atoms with Crippen LogP contribution < -0.4 is 21.4 Å². The highest BCUT2D eigenvalue weighted by molar-refractivity contribution is 5.83. The Bertz CT molecular complexity index is 872. The molecule has 4 heterocycles. The Morgan fingerprint density at radius 1 is 1.10 bits per heavy atom. The maximum absolute atomic E-state index is 13.8. The fourth-order valence-corrected chi connectivity index (χ4v) is 8.71. The molecule has 5 fully saturated rings. The molecule has 7 unspecified atom stereocenters. The van der Waals surface area contributed by atoms with Gasteiger partial charge in [-0.05, 0) is 110 Å². The summed E-state index contributed by atoms with van der Waals surface area (Å²) < 4.78 is 0. The van der Waals surface area contributed by atoms with E-state index in [2.05, 4.69) is 70.9 Å². The van der Waals surface area contributed by atoms with Gasteiger partial charge in [0.2, 0.25) is 11.8 Å². The van der Waals surface area contributed by atoms with Gasteiger partial charge < -0.3 is 20.4 Å². The van der Waals surface area contributed by atoms with E-state index < -0.39 is 0 Å². The number of likely N-dealkylation sites (N-methyl/N-ethyl adjacent to an activating group) is 1. The molecular weight excluding hydrogens is 514 g/mol. The summed E-state index contributed by atoms with van der Waals surface area (Å²) >= 11 is 0. The average Bonchev–Trinajstić information content (AvgIpc) is 3.61. The molecule has 2 amide bonds. The largest absolute Gasteiger partial charge is 0.355 e. The highest BCUT2D eigenvalue weighted by Crippen LogP contribution is 2.39. The van der Waals surface area contributed by atoms with Crippen molar-refractivity contribution in [2.45, 2.75) is 103 Å². The molecular formula is C32H59N7O2. The zero-order valence-electron chi connectivity index (χ0n) is 26.5. The molecule has 9 heteroatoms. The number of amides is 2. The van der Waals surface area contributed by atoms with Crippen LogP contribution in [-0.2, 0) is 9.59 Å². The molecule has 0 radical (unpaired) electrons. The lowest BCUT2D eigenvalue weighted by atomic mass is 9.71. The van der Waals surface area contributed by atoms with Gasteiger partial charge in [0.25, 0.3) is 0 Å². The molecule has 5 aliphatic rings. The fraction of sp³-hybridized carbons (Fsp3) is 0.938. The lowest BCUT2D eigenvalue weighted by molar-refractivity contribution is -0.132. The Morgan fingerprint density at radius 2 is 1.83 bits per heavy atom. The Labute approximate surface area is 249 Å².